The van der Waals surface area contributed by atoms with E-state index in [0.29, 0.717) is 0 Å². The van der Waals surface area contributed by atoms with Gasteiger partial charge in [-0.15, -0.1) is 0 Å². The molecule has 0 radical (unpaired) electrons. The smallest absolute Gasteiger partial charge is 0.0857 e. The number of benzene rings is 1. The van der Waals surface area contributed by atoms with Gasteiger partial charge in [0.15, 0.2) is 0 Å². The predicted molar refractivity (Wildman–Crippen MR) is 62.0 cm³/mol. The van der Waals surface area contributed by atoms with Crippen LogP contribution in [0.25, 0.3) is 0 Å². The van der Waals surface area contributed by atoms with Crippen molar-refractivity contribution in [2.24, 2.45) is 0 Å². The van der Waals surface area contributed by atoms with Gasteiger partial charge in [0.1, 0.15) is 0 Å². The standard InChI is InChI=1S/C13H19NO/c1-14-9-8-13(11-14,15-2)10-12-6-4-3-5-7-12/h3-7H,8-11H2,1-2H3. The molecular formula is C13H19NO. The van der Waals surface area contributed by atoms with E-state index in [2.05, 4.69) is 42.3 Å². The van der Waals surface area contributed by atoms with Gasteiger partial charge in [0.2, 0.25) is 0 Å². The summed E-state index contributed by atoms with van der Waals surface area (Å²) in [5.41, 5.74) is 1.41. The zero-order valence-corrected chi connectivity index (χ0v) is 9.57. The number of methoxy groups -OCH3 is 1. The molecule has 0 amide bonds. The fourth-order valence-electron chi connectivity index (χ4n) is 2.40. The minimum Gasteiger partial charge on any atom is -0.377 e. The molecule has 0 aromatic heterocycles. The molecule has 1 aromatic rings. The lowest BCUT2D eigenvalue weighted by atomic mass is 9.93. The number of hydrogen-bond donors (Lipinski definition) is 0. The van der Waals surface area contributed by atoms with Crippen molar-refractivity contribution < 1.29 is 4.74 Å². The van der Waals surface area contributed by atoms with E-state index in [1.807, 2.05) is 7.11 Å². The number of likely N-dealkylation sites (N-methyl/N-ethyl adjacent to an activating group) is 1. The third kappa shape index (κ3) is 2.39. The Balaban J connectivity index is 2.09. The lowest BCUT2D eigenvalue weighted by Crippen LogP contribution is -2.36. The first-order valence-corrected chi connectivity index (χ1v) is 5.52. The fraction of sp³-hybridized carbons (Fsp3) is 0.538. The van der Waals surface area contributed by atoms with Gasteiger partial charge in [0.05, 0.1) is 5.60 Å². The van der Waals surface area contributed by atoms with Gasteiger partial charge in [-0.1, -0.05) is 30.3 Å². The van der Waals surface area contributed by atoms with E-state index in [0.717, 1.165) is 25.9 Å². The molecule has 1 aliphatic rings. The van der Waals surface area contributed by atoms with Crippen molar-refractivity contribution in [1.29, 1.82) is 0 Å². The third-order valence-corrected chi connectivity index (χ3v) is 3.31. The number of hydrogen-bond acceptors (Lipinski definition) is 2. The van der Waals surface area contributed by atoms with Crippen LogP contribution in [0.2, 0.25) is 0 Å². The highest BCUT2D eigenvalue weighted by atomic mass is 16.5. The molecule has 2 rings (SSSR count). The van der Waals surface area contributed by atoms with Gasteiger partial charge in [-0.3, -0.25) is 0 Å². The molecule has 0 spiro atoms. The quantitative estimate of drug-likeness (QED) is 0.748. The number of likely N-dealkylation sites (tertiary alicyclic amines) is 1. The van der Waals surface area contributed by atoms with Gasteiger partial charge in [-0.05, 0) is 19.0 Å². The average Bonchev–Trinajstić information content (AvgIpc) is 2.62. The highest BCUT2D eigenvalue weighted by molar-refractivity contribution is 5.18. The Morgan fingerprint density at radius 3 is 2.60 bits per heavy atom. The van der Waals surface area contributed by atoms with E-state index in [9.17, 15) is 0 Å². The van der Waals surface area contributed by atoms with Crippen molar-refractivity contribution in [1.82, 2.24) is 4.90 Å². The van der Waals surface area contributed by atoms with Gasteiger partial charge in [-0.2, -0.15) is 0 Å². The summed E-state index contributed by atoms with van der Waals surface area (Å²) in [5.74, 6) is 0. The molecule has 1 unspecified atom stereocenters. The lowest BCUT2D eigenvalue weighted by molar-refractivity contribution is 0.000657. The number of ether oxygens (including phenoxy) is 1. The van der Waals surface area contributed by atoms with Crippen LogP contribution in [0.1, 0.15) is 12.0 Å². The number of nitrogens with zero attached hydrogens (tertiary/aromatic N) is 1. The topological polar surface area (TPSA) is 12.5 Å². The Bertz CT molecular complexity index is 312. The van der Waals surface area contributed by atoms with Crippen molar-refractivity contribution in [2.45, 2.75) is 18.4 Å². The van der Waals surface area contributed by atoms with Crippen LogP contribution in [0.3, 0.4) is 0 Å². The Morgan fingerprint density at radius 1 is 1.33 bits per heavy atom. The van der Waals surface area contributed by atoms with E-state index >= 15 is 0 Å². The van der Waals surface area contributed by atoms with Crippen LogP contribution in [0.5, 0.6) is 0 Å². The van der Waals surface area contributed by atoms with E-state index in [1.54, 1.807) is 0 Å². The van der Waals surface area contributed by atoms with Crippen LogP contribution in [0, 0.1) is 0 Å². The molecule has 1 atom stereocenters. The molecule has 1 aromatic carbocycles. The van der Waals surface area contributed by atoms with Crippen molar-refractivity contribution >= 4 is 0 Å². The molecular weight excluding hydrogens is 186 g/mol. The summed E-state index contributed by atoms with van der Waals surface area (Å²) in [5, 5.41) is 0. The van der Waals surface area contributed by atoms with Crippen LogP contribution in [-0.2, 0) is 11.2 Å². The normalized spacial score (nSPS) is 27.1. The Labute approximate surface area is 91.9 Å². The summed E-state index contributed by atoms with van der Waals surface area (Å²) in [7, 11) is 3.99. The first-order chi connectivity index (χ1) is 7.24. The van der Waals surface area contributed by atoms with Crippen molar-refractivity contribution in [3.05, 3.63) is 35.9 Å². The summed E-state index contributed by atoms with van der Waals surface area (Å²) in [6.07, 6.45) is 2.16. The molecule has 0 aliphatic carbocycles. The highest BCUT2D eigenvalue weighted by Crippen LogP contribution is 2.27. The molecule has 2 heteroatoms. The maximum atomic E-state index is 5.73. The van der Waals surface area contributed by atoms with Gasteiger partial charge in [0.25, 0.3) is 0 Å². The van der Waals surface area contributed by atoms with Crippen LogP contribution < -0.4 is 0 Å². The van der Waals surface area contributed by atoms with Crippen LogP contribution in [-0.4, -0.2) is 37.7 Å². The summed E-state index contributed by atoms with van der Waals surface area (Å²) in [6.45, 7) is 2.18. The zero-order chi connectivity index (χ0) is 10.7. The maximum Gasteiger partial charge on any atom is 0.0857 e. The zero-order valence-electron chi connectivity index (χ0n) is 9.57. The van der Waals surface area contributed by atoms with Gasteiger partial charge < -0.3 is 9.64 Å². The largest absolute Gasteiger partial charge is 0.377 e. The molecule has 1 saturated heterocycles. The number of rotatable bonds is 3. The van der Waals surface area contributed by atoms with E-state index in [1.165, 1.54) is 5.56 Å². The van der Waals surface area contributed by atoms with Gasteiger partial charge in [0, 0.05) is 26.6 Å². The molecule has 0 bridgehead atoms. The second-order valence-electron chi connectivity index (χ2n) is 4.54. The van der Waals surface area contributed by atoms with Crippen molar-refractivity contribution in [3.8, 4) is 0 Å². The first kappa shape index (κ1) is 10.7. The SMILES string of the molecule is COC1(Cc2ccccc2)CCN(C)C1. The predicted octanol–water partition coefficient (Wildman–Crippen LogP) is 1.95. The minimum absolute atomic E-state index is 0.0378. The highest BCUT2D eigenvalue weighted by Gasteiger charge is 2.36. The Kier molecular flexibility index (Phi) is 3.08. The lowest BCUT2D eigenvalue weighted by Gasteiger charge is -2.27. The van der Waals surface area contributed by atoms with E-state index in [-0.39, 0.29) is 5.60 Å². The fourth-order valence-corrected chi connectivity index (χ4v) is 2.40. The average molecular weight is 205 g/mol. The molecule has 1 fully saturated rings. The van der Waals surface area contributed by atoms with Crippen molar-refractivity contribution in [3.63, 3.8) is 0 Å². The first-order valence-electron chi connectivity index (χ1n) is 5.52. The third-order valence-electron chi connectivity index (χ3n) is 3.31. The minimum atomic E-state index is 0.0378. The Morgan fingerprint density at radius 2 is 2.07 bits per heavy atom. The molecule has 82 valence electrons. The van der Waals surface area contributed by atoms with Crippen LogP contribution >= 0.6 is 0 Å². The van der Waals surface area contributed by atoms with Crippen LogP contribution in [0.4, 0.5) is 0 Å². The monoisotopic (exact) mass is 205 g/mol. The maximum absolute atomic E-state index is 5.73. The van der Waals surface area contributed by atoms with E-state index in [4.69, 9.17) is 4.74 Å². The molecule has 15 heavy (non-hydrogen) atoms. The second kappa shape index (κ2) is 4.33. The molecule has 0 saturated carbocycles. The van der Waals surface area contributed by atoms with Crippen LogP contribution in [0.15, 0.2) is 30.3 Å². The van der Waals surface area contributed by atoms with Gasteiger partial charge >= 0.3 is 0 Å². The van der Waals surface area contributed by atoms with E-state index < -0.39 is 0 Å². The Hall–Kier alpha value is -0.860. The summed E-state index contributed by atoms with van der Waals surface area (Å²) in [6, 6.07) is 10.6. The van der Waals surface area contributed by atoms with Crippen molar-refractivity contribution in [2.75, 3.05) is 27.2 Å². The summed E-state index contributed by atoms with van der Waals surface area (Å²) < 4.78 is 5.73. The summed E-state index contributed by atoms with van der Waals surface area (Å²) in [4.78, 5) is 2.34. The van der Waals surface area contributed by atoms with Gasteiger partial charge in [-0.25, -0.2) is 0 Å². The summed E-state index contributed by atoms with van der Waals surface area (Å²) >= 11 is 0. The second-order valence-corrected chi connectivity index (χ2v) is 4.54. The molecule has 1 heterocycles. The molecule has 2 nitrogen and oxygen atoms in total. The molecule has 0 N–H and O–H groups in total. The molecule has 1 aliphatic heterocycles.